The van der Waals surface area contributed by atoms with Crippen LogP contribution in [-0.4, -0.2) is 78.3 Å². The molecule has 0 aromatic heterocycles. The van der Waals surface area contributed by atoms with Gasteiger partial charge in [0.2, 0.25) is 0 Å². The zero-order valence-electron chi connectivity index (χ0n) is 19.5. The number of carbonyl (C=O) groups is 1. The number of likely N-dealkylation sites (tertiary alicyclic amines) is 1. The van der Waals surface area contributed by atoms with E-state index in [9.17, 15) is 4.79 Å². The van der Waals surface area contributed by atoms with Crippen molar-refractivity contribution in [2.24, 2.45) is 5.92 Å². The molecule has 0 radical (unpaired) electrons. The Kier molecular flexibility index (Phi) is 7.07. The quantitative estimate of drug-likeness (QED) is 0.708. The Morgan fingerprint density at radius 1 is 1.06 bits per heavy atom. The van der Waals surface area contributed by atoms with Crippen LogP contribution in [0.4, 0.5) is 4.79 Å². The minimum atomic E-state index is -0.436. The molecule has 3 aliphatic heterocycles. The van der Waals surface area contributed by atoms with Crippen LogP contribution < -0.4 is 4.74 Å². The molecule has 6 nitrogen and oxygen atoms in total. The van der Waals surface area contributed by atoms with E-state index >= 15 is 0 Å². The third-order valence-electron chi connectivity index (χ3n) is 6.65. The Balaban J connectivity index is 1.23. The van der Waals surface area contributed by atoms with Crippen molar-refractivity contribution in [2.75, 3.05) is 45.9 Å². The highest BCUT2D eigenvalue weighted by Gasteiger charge is 2.35. The van der Waals surface area contributed by atoms with Crippen molar-refractivity contribution < 1.29 is 14.3 Å². The summed E-state index contributed by atoms with van der Waals surface area (Å²) in [6, 6.07) is 9.07. The third kappa shape index (κ3) is 6.36. The number of piperazine rings is 1. The first kappa shape index (κ1) is 22.4. The van der Waals surface area contributed by atoms with Gasteiger partial charge in [-0.3, -0.25) is 9.80 Å². The molecule has 1 amide bonds. The summed E-state index contributed by atoms with van der Waals surface area (Å²) in [6.45, 7) is 13.5. The van der Waals surface area contributed by atoms with Gasteiger partial charge in [-0.1, -0.05) is 12.1 Å². The van der Waals surface area contributed by atoms with Gasteiger partial charge in [-0.25, -0.2) is 4.79 Å². The summed E-state index contributed by atoms with van der Waals surface area (Å²) in [7, 11) is 0. The van der Waals surface area contributed by atoms with Crippen LogP contribution in [0.25, 0.3) is 0 Å². The van der Waals surface area contributed by atoms with Crippen molar-refractivity contribution >= 4 is 6.09 Å². The number of nitrogens with zero attached hydrogens (tertiary/aromatic N) is 3. The van der Waals surface area contributed by atoms with Gasteiger partial charge >= 0.3 is 6.09 Å². The fourth-order valence-corrected chi connectivity index (χ4v) is 5.03. The van der Waals surface area contributed by atoms with E-state index in [0.717, 1.165) is 57.9 Å². The molecule has 3 saturated heterocycles. The monoisotopic (exact) mass is 429 g/mol. The van der Waals surface area contributed by atoms with E-state index in [-0.39, 0.29) is 6.09 Å². The zero-order valence-corrected chi connectivity index (χ0v) is 19.5. The Bertz CT molecular complexity index is 742. The summed E-state index contributed by atoms with van der Waals surface area (Å²) in [5.41, 5.74) is 0.913. The van der Waals surface area contributed by atoms with Gasteiger partial charge in [-0.2, -0.15) is 0 Å². The molecule has 0 unspecified atom stereocenters. The van der Waals surface area contributed by atoms with E-state index in [4.69, 9.17) is 9.47 Å². The summed E-state index contributed by atoms with van der Waals surface area (Å²) in [4.78, 5) is 19.4. The fourth-order valence-electron chi connectivity index (χ4n) is 5.03. The van der Waals surface area contributed by atoms with Gasteiger partial charge in [0.25, 0.3) is 0 Å². The zero-order chi connectivity index (χ0) is 21.8. The van der Waals surface area contributed by atoms with Crippen molar-refractivity contribution in [3.8, 4) is 5.75 Å². The maximum Gasteiger partial charge on any atom is 0.410 e. The van der Waals surface area contributed by atoms with Crippen molar-refractivity contribution in [1.29, 1.82) is 0 Å². The number of ether oxygens (including phenoxy) is 2. The van der Waals surface area contributed by atoms with Crippen LogP contribution in [0.5, 0.6) is 5.75 Å². The highest BCUT2D eigenvalue weighted by molar-refractivity contribution is 5.68. The molecule has 31 heavy (non-hydrogen) atoms. The second-order valence-electron chi connectivity index (χ2n) is 10.5. The van der Waals surface area contributed by atoms with E-state index in [0.29, 0.717) is 12.0 Å². The van der Waals surface area contributed by atoms with Gasteiger partial charge in [0.05, 0.1) is 6.61 Å². The second kappa shape index (κ2) is 9.78. The first-order chi connectivity index (χ1) is 14.9. The van der Waals surface area contributed by atoms with Gasteiger partial charge in [-0.15, -0.1) is 0 Å². The third-order valence-corrected chi connectivity index (χ3v) is 6.65. The SMILES string of the molecule is CC(C)(C)OC(=O)N1CCN2C[C@H](COc3cccc(CN4CCCC4)c3)CC[C@@H]2C1. The molecule has 3 fully saturated rings. The maximum atomic E-state index is 12.4. The van der Waals surface area contributed by atoms with Crippen LogP contribution in [0.15, 0.2) is 24.3 Å². The average molecular weight is 430 g/mol. The number of hydrogen-bond donors (Lipinski definition) is 0. The Morgan fingerprint density at radius 2 is 1.87 bits per heavy atom. The van der Waals surface area contributed by atoms with Crippen LogP contribution >= 0.6 is 0 Å². The summed E-state index contributed by atoms with van der Waals surface area (Å²) in [6.07, 6.45) is 4.74. The van der Waals surface area contributed by atoms with E-state index in [1.54, 1.807) is 0 Å². The molecule has 0 N–H and O–H groups in total. The minimum Gasteiger partial charge on any atom is -0.493 e. The molecule has 0 bridgehead atoms. The maximum absolute atomic E-state index is 12.4. The molecule has 3 aliphatic rings. The molecule has 0 spiro atoms. The van der Waals surface area contributed by atoms with Crippen LogP contribution in [0, 0.1) is 5.92 Å². The predicted molar refractivity (Wildman–Crippen MR) is 122 cm³/mol. The Morgan fingerprint density at radius 3 is 2.65 bits per heavy atom. The lowest BCUT2D eigenvalue weighted by atomic mass is 9.91. The number of amides is 1. The smallest absolute Gasteiger partial charge is 0.410 e. The van der Waals surface area contributed by atoms with Crippen molar-refractivity contribution in [3.63, 3.8) is 0 Å². The highest BCUT2D eigenvalue weighted by Crippen LogP contribution is 2.27. The molecule has 1 aromatic carbocycles. The average Bonchev–Trinajstić information content (AvgIpc) is 3.24. The van der Waals surface area contributed by atoms with Crippen molar-refractivity contribution in [2.45, 2.75) is 64.6 Å². The molecule has 0 aliphatic carbocycles. The number of hydrogen-bond acceptors (Lipinski definition) is 5. The van der Waals surface area contributed by atoms with Crippen LogP contribution in [0.3, 0.4) is 0 Å². The molecule has 6 heteroatoms. The second-order valence-corrected chi connectivity index (χ2v) is 10.5. The van der Waals surface area contributed by atoms with Gasteiger partial charge in [0.1, 0.15) is 11.4 Å². The van der Waals surface area contributed by atoms with Gasteiger partial charge in [0.15, 0.2) is 0 Å². The number of fused-ring (bicyclic) bond motifs is 1. The molecular weight excluding hydrogens is 390 g/mol. The lowest BCUT2D eigenvalue weighted by molar-refractivity contribution is -0.0122. The summed E-state index contributed by atoms with van der Waals surface area (Å²) >= 11 is 0. The van der Waals surface area contributed by atoms with E-state index in [1.807, 2.05) is 25.7 Å². The summed E-state index contributed by atoms with van der Waals surface area (Å²) in [5, 5.41) is 0. The predicted octanol–water partition coefficient (Wildman–Crippen LogP) is 3.99. The number of carbonyl (C=O) groups excluding carboxylic acids is 1. The molecule has 0 saturated carbocycles. The van der Waals surface area contributed by atoms with E-state index < -0.39 is 5.60 Å². The van der Waals surface area contributed by atoms with Gasteiger partial charge in [0, 0.05) is 44.7 Å². The van der Waals surface area contributed by atoms with Gasteiger partial charge < -0.3 is 14.4 Å². The first-order valence-electron chi connectivity index (χ1n) is 12.0. The minimum absolute atomic E-state index is 0.175. The van der Waals surface area contributed by atoms with Crippen LogP contribution in [-0.2, 0) is 11.3 Å². The molecule has 2 atom stereocenters. The molecule has 3 heterocycles. The number of rotatable bonds is 5. The van der Waals surface area contributed by atoms with Crippen molar-refractivity contribution in [3.05, 3.63) is 29.8 Å². The molecular formula is C25H39N3O3. The Hall–Kier alpha value is -1.79. The Labute approximate surface area is 187 Å². The van der Waals surface area contributed by atoms with Crippen LogP contribution in [0.2, 0.25) is 0 Å². The molecule has 172 valence electrons. The topological polar surface area (TPSA) is 45.3 Å². The van der Waals surface area contributed by atoms with Gasteiger partial charge in [-0.05, 0) is 77.2 Å². The summed E-state index contributed by atoms with van der Waals surface area (Å²) in [5.74, 6) is 1.54. The van der Waals surface area contributed by atoms with Crippen molar-refractivity contribution in [1.82, 2.24) is 14.7 Å². The molecule has 1 aromatic rings. The normalized spacial score (nSPS) is 25.3. The fraction of sp³-hybridized carbons (Fsp3) is 0.720. The van der Waals surface area contributed by atoms with E-state index in [2.05, 4.69) is 34.1 Å². The summed E-state index contributed by atoms with van der Waals surface area (Å²) < 4.78 is 11.8. The molecule has 4 rings (SSSR count). The highest BCUT2D eigenvalue weighted by atomic mass is 16.6. The number of piperidine rings is 1. The number of benzene rings is 1. The largest absolute Gasteiger partial charge is 0.493 e. The standard InChI is InChI=1S/C25H39N3O3/c1-25(2,3)31-24(29)28-14-13-27-17-21(9-10-22(27)18-28)19-30-23-8-6-7-20(15-23)16-26-11-4-5-12-26/h6-8,15,21-22H,4-5,9-14,16-19H2,1-3H3/t21-,22-/m1/s1. The first-order valence-corrected chi connectivity index (χ1v) is 12.0. The lowest BCUT2D eigenvalue weighted by Crippen LogP contribution is -2.58. The van der Waals surface area contributed by atoms with E-state index in [1.165, 1.54) is 31.5 Å². The lowest BCUT2D eigenvalue weighted by Gasteiger charge is -2.46. The van der Waals surface area contributed by atoms with Crippen LogP contribution in [0.1, 0.15) is 52.0 Å².